The molecule has 1 aromatic carbocycles. The molecule has 9 heteroatoms. The summed E-state index contributed by atoms with van der Waals surface area (Å²) in [6, 6.07) is 9.40. The Balaban J connectivity index is 1.55. The van der Waals surface area contributed by atoms with Crippen molar-refractivity contribution in [1.82, 2.24) is 29.5 Å². The van der Waals surface area contributed by atoms with Crippen molar-refractivity contribution in [3.05, 3.63) is 88.6 Å². The van der Waals surface area contributed by atoms with Crippen LogP contribution in [0.15, 0.2) is 66.2 Å². The van der Waals surface area contributed by atoms with E-state index in [9.17, 15) is 9.90 Å². The van der Waals surface area contributed by atoms with Gasteiger partial charge in [-0.25, -0.2) is 9.97 Å². The largest absolute Gasteiger partial charge is 0.392 e. The molecule has 0 bridgehead atoms. The zero-order valence-electron chi connectivity index (χ0n) is 17.3. The van der Waals surface area contributed by atoms with Crippen molar-refractivity contribution in [2.45, 2.75) is 20.1 Å². The van der Waals surface area contributed by atoms with Gasteiger partial charge in [-0.05, 0) is 36.8 Å². The van der Waals surface area contributed by atoms with Crippen molar-refractivity contribution >= 4 is 16.7 Å². The Hall–Kier alpha value is -4.24. The average Bonchev–Trinajstić information content (AvgIpc) is 3.48. The van der Waals surface area contributed by atoms with Crippen LogP contribution in [0, 0.1) is 6.92 Å². The predicted octanol–water partition coefficient (Wildman–Crippen LogP) is 2.91. The lowest BCUT2D eigenvalue weighted by Gasteiger charge is -2.11. The first-order valence-corrected chi connectivity index (χ1v) is 10.1. The molecular formula is C23H21N7O2. The summed E-state index contributed by atoms with van der Waals surface area (Å²) in [4.78, 5) is 31.9. The number of pyridine rings is 2. The molecule has 0 saturated heterocycles. The minimum atomic E-state index is -0.259. The summed E-state index contributed by atoms with van der Waals surface area (Å²) < 4.78 is 1.92. The third kappa shape index (κ3) is 3.54. The minimum absolute atomic E-state index is 0.102. The highest BCUT2D eigenvalue weighted by Gasteiger charge is 2.16. The Kier molecular flexibility index (Phi) is 5.00. The number of fused-ring (bicyclic) bond motifs is 1. The molecule has 0 aliphatic carbocycles. The smallest absolute Gasteiger partial charge is 0.261 e. The van der Waals surface area contributed by atoms with Crippen LogP contribution < -0.4 is 10.9 Å². The van der Waals surface area contributed by atoms with E-state index in [4.69, 9.17) is 4.98 Å². The predicted molar refractivity (Wildman–Crippen MR) is 121 cm³/mol. The van der Waals surface area contributed by atoms with Gasteiger partial charge in [-0.1, -0.05) is 6.07 Å². The van der Waals surface area contributed by atoms with Crippen LogP contribution in [-0.2, 0) is 13.2 Å². The number of rotatable bonds is 6. The second-order valence-corrected chi connectivity index (χ2v) is 7.43. The van der Waals surface area contributed by atoms with Crippen molar-refractivity contribution in [3.63, 3.8) is 0 Å². The molecule has 0 saturated carbocycles. The maximum absolute atomic E-state index is 12.8. The normalized spacial score (nSPS) is 11.2. The van der Waals surface area contributed by atoms with Crippen LogP contribution in [0.3, 0.4) is 0 Å². The summed E-state index contributed by atoms with van der Waals surface area (Å²) in [5, 5.41) is 12.8. The van der Waals surface area contributed by atoms with Crippen LogP contribution in [0.25, 0.3) is 28.1 Å². The highest BCUT2D eigenvalue weighted by molar-refractivity contribution is 5.86. The molecule has 32 heavy (non-hydrogen) atoms. The Morgan fingerprint density at radius 1 is 1.22 bits per heavy atom. The van der Waals surface area contributed by atoms with Crippen LogP contribution >= 0.6 is 0 Å². The van der Waals surface area contributed by atoms with E-state index in [1.54, 1.807) is 37.1 Å². The van der Waals surface area contributed by atoms with Gasteiger partial charge in [-0.15, -0.1) is 0 Å². The fraction of sp³-hybridized carbons (Fsp3) is 0.130. The third-order valence-corrected chi connectivity index (χ3v) is 5.36. The summed E-state index contributed by atoms with van der Waals surface area (Å²) >= 11 is 0. The number of nitrogens with one attached hydrogen (secondary N) is 3. The Bertz CT molecular complexity index is 1450. The number of aliphatic hydroxyl groups is 1. The monoisotopic (exact) mass is 427 g/mol. The van der Waals surface area contributed by atoms with E-state index < -0.39 is 0 Å². The van der Waals surface area contributed by atoms with Crippen LogP contribution in [0.5, 0.6) is 0 Å². The van der Waals surface area contributed by atoms with Crippen LogP contribution in [0.1, 0.15) is 16.8 Å². The van der Waals surface area contributed by atoms with E-state index in [2.05, 4.69) is 25.3 Å². The maximum Gasteiger partial charge on any atom is 0.261 e. The fourth-order valence-corrected chi connectivity index (χ4v) is 3.77. The van der Waals surface area contributed by atoms with Gasteiger partial charge in [0.2, 0.25) is 0 Å². The molecule has 0 spiro atoms. The number of aryl methyl sites for hydroxylation is 1. The number of imidazole rings is 2. The van der Waals surface area contributed by atoms with E-state index >= 15 is 0 Å². The SMILES string of the molecule is Cc1cc(-n2ccnc2)cc2[nH]c(-c3c(NCc4ncccc4CO)cc[nH]c3=O)nc12. The van der Waals surface area contributed by atoms with E-state index in [0.717, 1.165) is 27.8 Å². The first-order chi connectivity index (χ1) is 15.6. The number of anilines is 1. The Morgan fingerprint density at radius 2 is 2.12 bits per heavy atom. The molecule has 0 fully saturated rings. The van der Waals surface area contributed by atoms with Gasteiger partial charge < -0.3 is 25.0 Å². The lowest BCUT2D eigenvalue weighted by molar-refractivity contribution is 0.280. The molecule has 0 atom stereocenters. The number of nitrogens with zero attached hydrogens (tertiary/aromatic N) is 4. The first kappa shape index (κ1) is 19.7. The van der Waals surface area contributed by atoms with Gasteiger partial charge in [0.25, 0.3) is 5.56 Å². The minimum Gasteiger partial charge on any atom is -0.392 e. The molecule has 0 radical (unpaired) electrons. The zero-order chi connectivity index (χ0) is 22.1. The molecular weight excluding hydrogens is 406 g/mol. The first-order valence-electron chi connectivity index (χ1n) is 10.1. The average molecular weight is 427 g/mol. The van der Waals surface area contributed by atoms with Crippen molar-refractivity contribution in [1.29, 1.82) is 0 Å². The molecule has 9 nitrogen and oxygen atoms in total. The molecule has 5 rings (SSSR count). The van der Waals surface area contributed by atoms with Gasteiger partial charge in [-0.2, -0.15) is 0 Å². The van der Waals surface area contributed by atoms with Gasteiger partial charge >= 0.3 is 0 Å². The van der Waals surface area contributed by atoms with E-state index in [1.807, 2.05) is 35.9 Å². The highest BCUT2D eigenvalue weighted by Crippen LogP contribution is 2.27. The maximum atomic E-state index is 12.8. The number of benzene rings is 1. The van der Waals surface area contributed by atoms with Crippen molar-refractivity contribution < 1.29 is 5.11 Å². The van der Waals surface area contributed by atoms with Gasteiger partial charge in [0, 0.05) is 36.0 Å². The van der Waals surface area contributed by atoms with Crippen molar-refractivity contribution in [3.8, 4) is 17.1 Å². The van der Waals surface area contributed by atoms with Gasteiger partial charge in [0.15, 0.2) is 0 Å². The number of hydrogen-bond acceptors (Lipinski definition) is 6. The zero-order valence-corrected chi connectivity index (χ0v) is 17.3. The third-order valence-electron chi connectivity index (χ3n) is 5.36. The van der Waals surface area contributed by atoms with Gasteiger partial charge in [0.1, 0.15) is 11.4 Å². The summed E-state index contributed by atoms with van der Waals surface area (Å²) in [5.41, 5.74) is 5.78. The van der Waals surface area contributed by atoms with Crippen LogP contribution in [0.4, 0.5) is 5.69 Å². The molecule has 4 heterocycles. The molecule has 5 aromatic rings. The molecule has 4 N–H and O–H groups in total. The van der Waals surface area contributed by atoms with Crippen LogP contribution in [-0.4, -0.2) is 34.6 Å². The summed E-state index contributed by atoms with van der Waals surface area (Å²) in [7, 11) is 0. The lowest BCUT2D eigenvalue weighted by Crippen LogP contribution is -2.14. The lowest BCUT2D eigenvalue weighted by atomic mass is 10.2. The molecule has 0 amide bonds. The van der Waals surface area contributed by atoms with Gasteiger partial charge in [0.05, 0.1) is 41.9 Å². The second-order valence-electron chi connectivity index (χ2n) is 7.43. The quantitative estimate of drug-likeness (QED) is 0.330. The fourth-order valence-electron chi connectivity index (χ4n) is 3.77. The molecule has 0 aliphatic heterocycles. The van der Waals surface area contributed by atoms with Crippen molar-refractivity contribution in [2.24, 2.45) is 0 Å². The van der Waals surface area contributed by atoms with E-state index in [1.165, 1.54) is 0 Å². The highest BCUT2D eigenvalue weighted by atomic mass is 16.3. The number of hydrogen-bond donors (Lipinski definition) is 4. The molecule has 4 aromatic heterocycles. The van der Waals surface area contributed by atoms with Crippen LogP contribution in [0.2, 0.25) is 0 Å². The summed E-state index contributed by atoms with van der Waals surface area (Å²) in [6.45, 7) is 2.24. The number of aliphatic hydroxyl groups excluding tert-OH is 1. The number of H-pyrrole nitrogens is 2. The number of aromatic amines is 2. The second kappa shape index (κ2) is 8.12. The van der Waals surface area contributed by atoms with Gasteiger partial charge in [-0.3, -0.25) is 9.78 Å². The summed E-state index contributed by atoms with van der Waals surface area (Å²) in [5.74, 6) is 0.471. The molecule has 0 aliphatic rings. The van der Waals surface area contributed by atoms with Crippen molar-refractivity contribution in [2.75, 3.05) is 5.32 Å². The Labute approximate surface area is 182 Å². The Morgan fingerprint density at radius 3 is 2.94 bits per heavy atom. The topological polar surface area (TPSA) is 125 Å². The number of aromatic nitrogens is 6. The van der Waals surface area contributed by atoms with E-state index in [-0.39, 0.29) is 12.2 Å². The van der Waals surface area contributed by atoms with E-state index in [0.29, 0.717) is 29.3 Å². The summed E-state index contributed by atoms with van der Waals surface area (Å²) in [6.07, 6.45) is 8.60. The molecule has 0 unspecified atom stereocenters. The molecule has 160 valence electrons. The standard InChI is InChI=1S/C23H21N7O2/c1-14-9-16(30-8-7-24-13-30)10-18-21(14)29-22(28-18)20-17(4-6-26-23(20)32)27-11-19-15(12-31)3-2-5-25-19/h2-10,13,31H,11-12H2,1H3,(H,28,29)(H2,26,27,32).